The summed E-state index contributed by atoms with van der Waals surface area (Å²) in [6, 6.07) is 0. The molecule has 2 unspecified atom stereocenters. The van der Waals surface area contributed by atoms with E-state index >= 15 is 0 Å². The number of hydrogen-bond acceptors (Lipinski definition) is 1. The van der Waals surface area contributed by atoms with E-state index in [0.717, 1.165) is 5.92 Å². The van der Waals surface area contributed by atoms with Gasteiger partial charge in [0.1, 0.15) is 0 Å². The molecule has 1 heteroatoms. The topological polar surface area (TPSA) is 9.23 Å². The second-order valence-corrected chi connectivity index (χ2v) is 4.67. The van der Waals surface area contributed by atoms with Crippen molar-refractivity contribution in [3.63, 3.8) is 0 Å². The van der Waals surface area contributed by atoms with Crippen LogP contribution in [0.5, 0.6) is 0 Å². The van der Waals surface area contributed by atoms with Crippen LogP contribution in [0.2, 0.25) is 0 Å². The minimum absolute atomic E-state index is 0.129. The summed E-state index contributed by atoms with van der Waals surface area (Å²) in [6.07, 6.45) is 5.66. The van der Waals surface area contributed by atoms with Gasteiger partial charge in [-0.1, -0.05) is 13.3 Å². The highest BCUT2D eigenvalue weighted by Gasteiger charge is 2.32. The Bertz CT molecular complexity index is 140. The predicted molar refractivity (Wildman–Crippen MR) is 52.3 cm³/mol. The minimum atomic E-state index is 0.129. The fourth-order valence-electron chi connectivity index (χ4n) is 2.18. The van der Waals surface area contributed by atoms with Gasteiger partial charge in [-0.25, -0.2) is 0 Å². The molecule has 0 aromatic carbocycles. The average Bonchev–Trinajstić information content (AvgIpc) is 1.94. The largest absolute Gasteiger partial charge is 0.372 e. The van der Waals surface area contributed by atoms with Gasteiger partial charge in [0, 0.05) is 0 Å². The van der Waals surface area contributed by atoms with Gasteiger partial charge in [0.15, 0.2) is 0 Å². The van der Waals surface area contributed by atoms with E-state index in [1.165, 1.54) is 25.7 Å². The van der Waals surface area contributed by atoms with Gasteiger partial charge in [0.2, 0.25) is 0 Å². The molecule has 1 nitrogen and oxygen atoms in total. The van der Waals surface area contributed by atoms with Crippen LogP contribution in [0.4, 0.5) is 0 Å². The van der Waals surface area contributed by atoms with Crippen molar-refractivity contribution in [2.75, 3.05) is 0 Å². The lowest BCUT2D eigenvalue weighted by Gasteiger charge is -2.39. The SMILES string of the molecule is CCCC1CCC(C)(C)OC1C. The Morgan fingerprint density at radius 2 is 2.08 bits per heavy atom. The predicted octanol–water partition coefficient (Wildman–Crippen LogP) is 3.38. The third-order valence-corrected chi connectivity index (χ3v) is 2.95. The van der Waals surface area contributed by atoms with E-state index in [1.54, 1.807) is 0 Å². The lowest BCUT2D eigenvalue weighted by molar-refractivity contribution is -0.127. The van der Waals surface area contributed by atoms with Gasteiger partial charge < -0.3 is 4.74 Å². The Kier molecular flexibility index (Phi) is 3.16. The van der Waals surface area contributed by atoms with E-state index in [2.05, 4.69) is 27.7 Å². The van der Waals surface area contributed by atoms with Crippen LogP contribution in [0.3, 0.4) is 0 Å². The first kappa shape index (κ1) is 10.0. The smallest absolute Gasteiger partial charge is 0.0630 e. The molecule has 0 radical (unpaired) electrons. The molecule has 0 saturated carbocycles. The van der Waals surface area contributed by atoms with E-state index in [-0.39, 0.29) is 5.60 Å². The molecule has 0 aliphatic carbocycles. The molecular weight excluding hydrogens is 148 g/mol. The Labute approximate surface area is 76.5 Å². The maximum atomic E-state index is 5.94. The van der Waals surface area contributed by atoms with E-state index in [0.29, 0.717) is 6.10 Å². The Morgan fingerprint density at radius 3 is 2.58 bits per heavy atom. The van der Waals surface area contributed by atoms with Crippen molar-refractivity contribution in [3.05, 3.63) is 0 Å². The second kappa shape index (κ2) is 3.78. The fraction of sp³-hybridized carbons (Fsp3) is 1.00. The van der Waals surface area contributed by atoms with Crippen LogP contribution in [0, 0.1) is 5.92 Å². The van der Waals surface area contributed by atoms with Gasteiger partial charge in [-0.2, -0.15) is 0 Å². The molecule has 0 aromatic rings. The van der Waals surface area contributed by atoms with Crippen LogP contribution in [-0.2, 0) is 4.74 Å². The molecule has 0 bridgehead atoms. The molecule has 0 spiro atoms. The summed E-state index contributed by atoms with van der Waals surface area (Å²) in [5.74, 6) is 0.808. The highest BCUT2D eigenvalue weighted by molar-refractivity contribution is 4.81. The Morgan fingerprint density at radius 1 is 1.42 bits per heavy atom. The molecule has 2 atom stereocenters. The highest BCUT2D eigenvalue weighted by Crippen LogP contribution is 2.33. The summed E-state index contributed by atoms with van der Waals surface area (Å²) in [6.45, 7) is 8.88. The van der Waals surface area contributed by atoms with E-state index in [4.69, 9.17) is 4.74 Å². The highest BCUT2D eigenvalue weighted by atomic mass is 16.5. The quantitative estimate of drug-likeness (QED) is 0.617. The van der Waals surface area contributed by atoms with Gasteiger partial charge >= 0.3 is 0 Å². The summed E-state index contributed by atoms with van der Waals surface area (Å²) in [5, 5.41) is 0. The molecule has 12 heavy (non-hydrogen) atoms. The molecule has 1 aliphatic heterocycles. The van der Waals surface area contributed by atoms with Crippen LogP contribution in [0.1, 0.15) is 53.4 Å². The first-order valence-corrected chi connectivity index (χ1v) is 5.23. The fourth-order valence-corrected chi connectivity index (χ4v) is 2.18. The second-order valence-electron chi connectivity index (χ2n) is 4.67. The zero-order valence-electron chi connectivity index (χ0n) is 8.89. The van der Waals surface area contributed by atoms with E-state index < -0.39 is 0 Å². The molecule has 1 saturated heterocycles. The van der Waals surface area contributed by atoms with Gasteiger partial charge in [0.25, 0.3) is 0 Å². The summed E-state index contributed by atoms with van der Waals surface area (Å²) in [7, 11) is 0. The van der Waals surface area contributed by atoms with E-state index in [1.807, 2.05) is 0 Å². The van der Waals surface area contributed by atoms with Crippen molar-refractivity contribution in [3.8, 4) is 0 Å². The van der Waals surface area contributed by atoms with Crippen molar-refractivity contribution in [2.45, 2.75) is 65.1 Å². The van der Waals surface area contributed by atoms with Crippen molar-refractivity contribution in [1.29, 1.82) is 0 Å². The van der Waals surface area contributed by atoms with Crippen molar-refractivity contribution in [2.24, 2.45) is 5.92 Å². The van der Waals surface area contributed by atoms with E-state index in [9.17, 15) is 0 Å². The molecule has 0 aromatic heterocycles. The maximum absolute atomic E-state index is 5.94. The molecular formula is C11H22O. The van der Waals surface area contributed by atoms with Gasteiger partial charge in [0.05, 0.1) is 11.7 Å². The summed E-state index contributed by atoms with van der Waals surface area (Å²) >= 11 is 0. The van der Waals surface area contributed by atoms with Crippen LogP contribution >= 0.6 is 0 Å². The van der Waals surface area contributed by atoms with Gasteiger partial charge in [-0.15, -0.1) is 0 Å². The molecule has 1 fully saturated rings. The van der Waals surface area contributed by atoms with Crippen molar-refractivity contribution < 1.29 is 4.74 Å². The Hall–Kier alpha value is -0.0400. The van der Waals surface area contributed by atoms with Crippen molar-refractivity contribution >= 4 is 0 Å². The third-order valence-electron chi connectivity index (χ3n) is 2.95. The van der Waals surface area contributed by atoms with Crippen LogP contribution in [0.25, 0.3) is 0 Å². The lowest BCUT2D eigenvalue weighted by Crippen LogP contribution is -2.39. The summed E-state index contributed by atoms with van der Waals surface area (Å²) < 4.78 is 5.94. The lowest BCUT2D eigenvalue weighted by atomic mass is 9.85. The van der Waals surface area contributed by atoms with Crippen LogP contribution in [-0.4, -0.2) is 11.7 Å². The molecule has 1 rings (SSSR count). The monoisotopic (exact) mass is 170 g/mol. The first-order chi connectivity index (χ1) is 5.55. The molecule has 72 valence electrons. The third kappa shape index (κ3) is 2.48. The standard InChI is InChI=1S/C11H22O/c1-5-6-10-7-8-11(3,4)12-9(10)2/h9-10H,5-8H2,1-4H3. The Balaban J connectivity index is 2.42. The average molecular weight is 170 g/mol. The van der Waals surface area contributed by atoms with Crippen LogP contribution in [0.15, 0.2) is 0 Å². The van der Waals surface area contributed by atoms with Gasteiger partial charge in [-0.3, -0.25) is 0 Å². The molecule has 0 amide bonds. The zero-order valence-corrected chi connectivity index (χ0v) is 8.89. The zero-order chi connectivity index (χ0) is 9.19. The number of rotatable bonds is 2. The van der Waals surface area contributed by atoms with Gasteiger partial charge in [-0.05, 0) is 46.0 Å². The van der Waals surface area contributed by atoms with Crippen LogP contribution < -0.4 is 0 Å². The molecule has 1 aliphatic rings. The van der Waals surface area contributed by atoms with Crippen molar-refractivity contribution in [1.82, 2.24) is 0 Å². The molecule has 1 heterocycles. The number of ether oxygens (including phenoxy) is 1. The summed E-state index contributed by atoms with van der Waals surface area (Å²) in [5.41, 5.74) is 0.129. The minimum Gasteiger partial charge on any atom is -0.372 e. The molecule has 0 N–H and O–H groups in total. The number of hydrogen-bond donors (Lipinski definition) is 0. The normalized spacial score (nSPS) is 35.0. The summed E-state index contributed by atoms with van der Waals surface area (Å²) in [4.78, 5) is 0. The first-order valence-electron chi connectivity index (χ1n) is 5.23. The maximum Gasteiger partial charge on any atom is 0.0630 e.